The summed E-state index contributed by atoms with van der Waals surface area (Å²) in [7, 11) is 1.56. The molecule has 10 heteroatoms. The van der Waals surface area contributed by atoms with Crippen molar-refractivity contribution in [2.24, 2.45) is 11.0 Å². The molecule has 44 heavy (non-hydrogen) atoms. The predicted octanol–water partition coefficient (Wildman–Crippen LogP) is 7.18. The topological polar surface area (TPSA) is 98.2 Å². The third-order valence-corrected chi connectivity index (χ3v) is 7.28. The molecular weight excluding hydrogens is 601 g/mol. The molecule has 0 heterocycles. The maximum Gasteiger partial charge on any atom is 0.262 e. The number of ether oxygens (including phenoxy) is 3. The first-order chi connectivity index (χ1) is 21.1. The second kappa shape index (κ2) is 15.5. The normalized spacial score (nSPS) is 12.6. The Morgan fingerprint density at radius 3 is 2.39 bits per heavy atom. The molecule has 0 unspecified atom stereocenters. The molecule has 0 radical (unpaired) electrons. The van der Waals surface area contributed by atoms with Crippen molar-refractivity contribution >= 4 is 52.0 Å². The van der Waals surface area contributed by atoms with Crippen molar-refractivity contribution in [3.05, 3.63) is 100 Å². The quantitative estimate of drug-likeness (QED) is 0.120. The van der Waals surface area contributed by atoms with E-state index in [1.165, 1.54) is 12.3 Å². The highest BCUT2D eigenvalue weighted by molar-refractivity contribution is 6.35. The second-order valence-corrected chi connectivity index (χ2v) is 11.4. The van der Waals surface area contributed by atoms with Crippen LogP contribution in [0.15, 0.2) is 84.0 Å². The Labute approximate surface area is 267 Å². The SMILES string of the molecule is COc1cc(/C=N\NC(=O)[C@H](CC(C)C)NC(=O)[C@H](C)Oc2ccc(Cl)cc2Cl)ccc1OCc1cccc2ccccc12. The van der Waals surface area contributed by atoms with E-state index in [9.17, 15) is 9.59 Å². The largest absolute Gasteiger partial charge is 0.493 e. The third kappa shape index (κ3) is 8.88. The molecule has 0 aliphatic heterocycles. The average Bonchev–Trinajstić information content (AvgIpc) is 3.00. The molecule has 2 atom stereocenters. The van der Waals surface area contributed by atoms with E-state index in [0.29, 0.717) is 40.9 Å². The predicted molar refractivity (Wildman–Crippen MR) is 175 cm³/mol. The molecule has 230 valence electrons. The first-order valence-electron chi connectivity index (χ1n) is 14.2. The lowest BCUT2D eigenvalue weighted by molar-refractivity contribution is -0.132. The van der Waals surface area contributed by atoms with Gasteiger partial charge in [0.25, 0.3) is 11.8 Å². The zero-order chi connectivity index (χ0) is 31.6. The summed E-state index contributed by atoms with van der Waals surface area (Å²) in [6.45, 7) is 5.87. The number of hydrazone groups is 1. The van der Waals surface area contributed by atoms with E-state index in [4.69, 9.17) is 37.4 Å². The van der Waals surface area contributed by atoms with E-state index in [2.05, 4.69) is 34.0 Å². The Morgan fingerprint density at radius 2 is 1.64 bits per heavy atom. The fourth-order valence-electron chi connectivity index (χ4n) is 4.51. The van der Waals surface area contributed by atoms with E-state index < -0.39 is 24.0 Å². The smallest absolute Gasteiger partial charge is 0.262 e. The summed E-state index contributed by atoms with van der Waals surface area (Å²) in [6, 6.07) is 23.5. The van der Waals surface area contributed by atoms with Crippen LogP contribution in [0.3, 0.4) is 0 Å². The first kappa shape index (κ1) is 32.6. The molecule has 0 saturated carbocycles. The van der Waals surface area contributed by atoms with Crippen molar-refractivity contribution in [3.8, 4) is 17.2 Å². The lowest BCUT2D eigenvalue weighted by atomic mass is 10.0. The summed E-state index contributed by atoms with van der Waals surface area (Å²) in [6.07, 6.45) is 0.989. The maximum absolute atomic E-state index is 13.0. The minimum Gasteiger partial charge on any atom is -0.493 e. The lowest BCUT2D eigenvalue weighted by Crippen LogP contribution is -2.49. The van der Waals surface area contributed by atoms with Gasteiger partial charge in [0.05, 0.1) is 18.3 Å². The number of hydrogen-bond donors (Lipinski definition) is 2. The number of amides is 2. The van der Waals surface area contributed by atoms with Gasteiger partial charge in [-0.05, 0) is 77.6 Å². The van der Waals surface area contributed by atoms with Gasteiger partial charge in [0.15, 0.2) is 17.6 Å². The van der Waals surface area contributed by atoms with Crippen LogP contribution in [0.1, 0.15) is 38.3 Å². The zero-order valence-electron chi connectivity index (χ0n) is 25.0. The first-order valence-corrected chi connectivity index (χ1v) is 14.9. The van der Waals surface area contributed by atoms with Gasteiger partial charge in [0, 0.05) is 5.02 Å². The minimum absolute atomic E-state index is 0.127. The molecule has 2 N–H and O–H groups in total. The monoisotopic (exact) mass is 635 g/mol. The van der Waals surface area contributed by atoms with E-state index in [-0.39, 0.29) is 10.9 Å². The zero-order valence-corrected chi connectivity index (χ0v) is 26.5. The van der Waals surface area contributed by atoms with E-state index in [1.807, 2.05) is 44.2 Å². The molecule has 0 saturated heterocycles. The number of methoxy groups -OCH3 is 1. The molecule has 8 nitrogen and oxygen atoms in total. The fourth-order valence-corrected chi connectivity index (χ4v) is 4.97. The van der Waals surface area contributed by atoms with Gasteiger partial charge in [0.1, 0.15) is 18.4 Å². The highest BCUT2D eigenvalue weighted by atomic mass is 35.5. The van der Waals surface area contributed by atoms with Crippen LogP contribution in [0.5, 0.6) is 17.2 Å². The van der Waals surface area contributed by atoms with Crippen LogP contribution >= 0.6 is 23.2 Å². The van der Waals surface area contributed by atoms with Crippen LogP contribution in [0.2, 0.25) is 10.0 Å². The number of carbonyl (C=O) groups excluding carboxylic acids is 2. The maximum atomic E-state index is 13.0. The van der Waals surface area contributed by atoms with Crippen LogP contribution < -0.4 is 25.0 Å². The molecule has 0 aliphatic carbocycles. The minimum atomic E-state index is -0.909. The van der Waals surface area contributed by atoms with Crippen molar-refractivity contribution in [1.29, 1.82) is 0 Å². The molecule has 4 aromatic rings. The van der Waals surface area contributed by atoms with E-state index in [1.54, 1.807) is 38.3 Å². The summed E-state index contributed by atoms with van der Waals surface area (Å²) in [5, 5.41) is 9.88. The van der Waals surface area contributed by atoms with Crippen LogP contribution in [-0.4, -0.2) is 37.3 Å². The Balaban J connectivity index is 1.36. The number of fused-ring (bicyclic) bond motifs is 1. The molecule has 4 aromatic carbocycles. The van der Waals surface area contributed by atoms with Crippen LogP contribution in [0, 0.1) is 5.92 Å². The van der Waals surface area contributed by atoms with Crippen LogP contribution in [0.4, 0.5) is 0 Å². The van der Waals surface area contributed by atoms with Gasteiger partial charge in [-0.2, -0.15) is 5.10 Å². The average molecular weight is 637 g/mol. The van der Waals surface area contributed by atoms with Gasteiger partial charge in [-0.3, -0.25) is 9.59 Å². The van der Waals surface area contributed by atoms with Crippen molar-refractivity contribution in [3.63, 3.8) is 0 Å². The lowest BCUT2D eigenvalue weighted by Gasteiger charge is -2.22. The third-order valence-electron chi connectivity index (χ3n) is 6.75. The van der Waals surface area contributed by atoms with Crippen LogP contribution in [0.25, 0.3) is 10.8 Å². The molecule has 4 rings (SSSR count). The summed E-state index contributed by atoms with van der Waals surface area (Å²) < 4.78 is 17.3. The van der Waals surface area contributed by atoms with Crippen molar-refractivity contribution < 1.29 is 23.8 Å². The molecule has 0 aromatic heterocycles. The fraction of sp³-hybridized carbons (Fsp3) is 0.265. The second-order valence-electron chi connectivity index (χ2n) is 10.6. The Kier molecular flexibility index (Phi) is 11.5. The summed E-state index contributed by atoms with van der Waals surface area (Å²) in [4.78, 5) is 25.9. The van der Waals surface area contributed by atoms with Gasteiger partial charge in [0.2, 0.25) is 0 Å². The summed E-state index contributed by atoms with van der Waals surface area (Å²) in [5.74, 6) is 0.626. The number of rotatable bonds is 13. The highest BCUT2D eigenvalue weighted by Crippen LogP contribution is 2.30. The number of benzene rings is 4. The Morgan fingerprint density at radius 1 is 0.886 bits per heavy atom. The van der Waals surface area contributed by atoms with Crippen molar-refractivity contribution in [2.75, 3.05) is 7.11 Å². The van der Waals surface area contributed by atoms with Gasteiger partial charge in [-0.1, -0.05) is 79.5 Å². The molecular formula is C34H35Cl2N3O5. The summed E-state index contributed by atoms with van der Waals surface area (Å²) in [5.41, 5.74) is 4.28. The number of halogens is 2. The van der Waals surface area contributed by atoms with Gasteiger partial charge in [-0.25, -0.2) is 5.43 Å². The van der Waals surface area contributed by atoms with Gasteiger partial charge < -0.3 is 19.5 Å². The molecule has 0 bridgehead atoms. The summed E-state index contributed by atoms with van der Waals surface area (Å²) >= 11 is 12.1. The van der Waals surface area contributed by atoms with Crippen LogP contribution in [-0.2, 0) is 16.2 Å². The molecule has 0 fully saturated rings. The molecule has 2 amide bonds. The number of nitrogens with one attached hydrogen (secondary N) is 2. The Bertz CT molecular complexity index is 1640. The molecule has 0 spiro atoms. The number of hydrogen-bond acceptors (Lipinski definition) is 6. The van der Waals surface area contributed by atoms with Gasteiger partial charge in [-0.15, -0.1) is 0 Å². The van der Waals surface area contributed by atoms with E-state index in [0.717, 1.165) is 16.3 Å². The Hall–Kier alpha value is -4.27. The van der Waals surface area contributed by atoms with Crippen molar-refractivity contribution in [2.45, 2.75) is 45.9 Å². The number of nitrogens with zero attached hydrogens (tertiary/aromatic N) is 1. The van der Waals surface area contributed by atoms with E-state index >= 15 is 0 Å². The van der Waals surface area contributed by atoms with Crippen molar-refractivity contribution in [1.82, 2.24) is 10.7 Å². The van der Waals surface area contributed by atoms with Gasteiger partial charge >= 0.3 is 0 Å². The number of carbonyl (C=O) groups is 2. The highest BCUT2D eigenvalue weighted by Gasteiger charge is 2.25. The standard InChI is InChI=1S/C34H35Cl2N3O5/c1-21(2)16-29(38-33(40)22(3)44-30-15-13-26(35)18-28(30)36)34(41)39-37-19-23-12-14-31(32(17-23)42-4)43-20-25-10-7-9-24-8-5-6-11-27(24)25/h5-15,17-19,21-22,29H,16,20H2,1-4H3,(H,38,40)(H,39,41)/b37-19-/t22-,29-/m0/s1. The molecule has 0 aliphatic rings.